The van der Waals surface area contributed by atoms with Gasteiger partial charge in [0.2, 0.25) is 5.91 Å². The summed E-state index contributed by atoms with van der Waals surface area (Å²) in [5.41, 5.74) is 0.695. The molecule has 1 saturated heterocycles. The number of hydrogen-bond donors (Lipinski definition) is 2. The number of nitrogens with zero attached hydrogens (tertiary/aromatic N) is 2. The Morgan fingerprint density at radius 2 is 2.22 bits per heavy atom. The maximum absolute atomic E-state index is 12.2. The van der Waals surface area contributed by atoms with E-state index < -0.39 is 0 Å². The summed E-state index contributed by atoms with van der Waals surface area (Å²) >= 11 is 7.49. The van der Waals surface area contributed by atoms with Crippen LogP contribution in [-0.4, -0.2) is 34.1 Å². The summed E-state index contributed by atoms with van der Waals surface area (Å²) in [6.45, 7) is 8.09. The Hall–Kier alpha value is -1.53. The largest absolute Gasteiger partial charge is 0.366 e. The van der Waals surface area contributed by atoms with Crippen molar-refractivity contribution in [3.63, 3.8) is 0 Å². The van der Waals surface area contributed by atoms with E-state index in [1.165, 1.54) is 4.88 Å². The third-order valence-corrected chi connectivity index (χ3v) is 5.14. The smallest absolute Gasteiger partial charge is 0.227 e. The fourth-order valence-electron chi connectivity index (χ4n) is 2.57. The number of halogens is 1. The fourth-order valence-corrected chi connectivity index (χ4v) is 3.60. The van der Waals surface area contributed by atoms with Crippen molar-refractivity contribution in [2.45, 2.75) is 33.2 Å². The Morgan fingerprint density at radius 3 is 2.83 bits per heavy atom. The second-order valence-corrected chi connectivity index (χ2v) is 8.72. The van der Waals surface area contributed by atoms with Crippen molar-refractivity contribution in [3.8, 4) is 0 Å². The molecule has 5 nitrogen and oxygen atoms in total. The Kier molecular flexibility index (Phi) is 4.38. The summed E-state index contributed by atoms with van der Waals surface area (Å²) in [5, 5.41) is 10.7. The van der Waals surface area contributed by atoms with Crippen LogP contribution in [0.5, 0.6) is 0 Å². The lowest BCUT2D eigenvalue weighted by Crippen LogP contribution is -2.52. The number of rotatable bonds is 4. The molecule has 3 heterocycles. The monoisotopic (exact) mass is 352 g/mol. The van der Waals surface area contributed by atoms with Crippen LogP contribution in [0.1, 0.15) is 37.3 Å². The van der Waals surface area contributed by atoms with Crippen molar-refractivity contribution in [2.75, 3.05) is 18.4 Å². The van der Waals surface area contributed by atoms with E-state index in [9.17, 15) is 4.79 Å². The number of carbonyl (C=O) groups excluding carboxylic acids is 1. The molecule has 2 aromatic rings. The summed E-state index contributed by atoms with van der Waals surface area (Å²) in [7, 11) is 0. The molecular weight excluding hydrogens is 332 g/mol. The molecular formula is C16H21ClN4OS. The van der Waals surface area contributed by atoms with Crippen molar-refractivity contribution < 1.29 is 4.79 Å². The van der Waals surface area contributed by atoms with Crippen LogP contribution >= 0.6 is 22.9 Å². The van der Waals surface area contributed by atoms with E-state index in [0.29, 0.717) is 5.92 Å². The molecule has 0 atom stereocenters. The van der Waals surface area contributed by atoms with Crippen LogP contribution in [0.15, 0.2) is 18.2 Å². The van der Waals surface area contributed by atoms with Crippen LogP contribution in [0.2, 0.25) is 4.34 Å². The van der Waals surface area contributed by atoms with Gasteiger partial charge in [0.05, 0.1) is 16.6 Å². The molecule has 2 N–H and O–H groups in total. The quantitative estimate of drug-likeness (QED) is 0.881. The second kappa shape index (κ2) is 6.17. The number of H-pyrrole nitrogens is 1. The Labute approximate surface area is 145 Å². The van der Waals surface area contributed by atoms with E-state index >= 15 is 0 Å². The van der Waals surface area contributed by atoms with Gasteiger partial charge in [-0.2, -0.15) is 5.10 Å². The predicted octanol–water partition coefficient (Wildman–Crippen LogP) is 3.71. The van der Waals surface area contributed by atoms with E-state index in [-0.39, 0.29) is 11.3 Å². The first-order chi connectivity index (χ1) is 10.8. The molecule has 124 valence electrons. The first kappa shape index (κ1) is 16.3. The summed E-state index contributed by atoms with van der Waals surface area (Å²) in [6, 6.07) is 5.94. The van der Waals surface area contributed by atoms with Gasteiger partial charge < -0.3 is 10.2 Å². The highest BCUT2D eigenvalue weighted by atomic mass is 35.5. The topological polar surface area (TPSA) is 61.0 Å². The van der Waals surface area contributed by atoms with E-state index in [2.05, 4.69) is 15.5 Å². The molecule has 23 heavy (non-hydrogen) atoms. The molecule has 1 amide bonds. The van der Waals surface area contributed by atoms with Gasteiger partial charge in [-0.1, -0.05) is 32.4 Å². The molecule has 0 saturated carbocycles. The zero-order valence-corrected chi connectivity index (χ0v) is 15.1. The summed E-state index contributed by atoms with van der Waals surface area (Å²) < 4.78 is 0.796. The minimum absolute atomic E-state index is 0.206. The van der Waals surface area contributed by atoms with Crippen molar-refractivity contribution in [1.82, 2.24) is 15.1 Å². The van der Waals surface area contributed by atoms with Gasteiger partial charge in [0.25, 0.3) is 0 Å². The summed E-state index contributed by atoms with van der Waals surface area (Å²) in [6.07, 6.45) is 0. The zero-order valence-electron chi connectivity index (χ0n) is 13.5. The van der Waals surface area contributed by atoms with Gasteiger partial charge in [0, 0.05) is 35.4 Å². The van der Waals surface area contributed by atoms with Crippen LogP contribution in [0.3, 0.4) is 0 Å². The first-order valence-corrected chi connectivity index (χ1v) is 8.85. The number of nitrogens with one attached hydrogen (secondary N) is 2. The lowest BCUT2D eigenvalue weighted by atomic mass is 9.89. The molecule has 0 aliphatic carbocycles. The highest BCUT2D eigenvalue weighted by Crippen LogP contribution is 2.31. The third kappa shape index (κ3) is 3.70. The molecule has 3 rings (SSSR count). The third-order valence-electron chi connectivity index (χ3n) is 3.91. The molecule has 0 bridgehead atoms. The minimum atomic E-state index is -0.314. The lowest BCUT2D eigenvalue weighted by molar-refractivity contribution is -0.144. The highest BCUT2D eigenvalue weighted by Gasteiger charge is 2.37. The lowest BCUT2D eigenvalue weighted by Gasteiger charge is -2.41. The average Bonchev–Trinajstić information content (AvgIpc) is 3.03. The molecule has 2 aromatic heterocycles. The average molecular weight is 353 g/mol. The van der Waals surface area contributed by atoms with E-state index in [1.807, 2.05) is 43.9 Å². The van der Waals surface area contributed by atoms with Gasteiger partial charge in [0.15, 0.2) is 0 Å². The molecule has 0 aromatic carbocycles. The van der Waals surface area contributed by atoms with Crippen LogP contribution in [-0.2, 0) is 11.3 Å². The van der Waals surface area contributed by atoms with Crippen LogP contribution in [0.25, 0.3) is 0 Å². The van der Waals surface area contributed by atoms with Crippen LogP contribution in [0.4, 0.5) is 5.82 Å². The maximum Gasteiger partial charge on any atom is 0.227 e. The zero-order chi connectivity index (χ0) is 16.6. The number of anilines is 1. The molecule has 0 unspecified atom stereocenters. The van der Waals surface area contributed by atoms with Crippen LogP contribution in [0, 0.1) is 5.41 Å². The standard InChI is InChI=1S/C16H21ClN4OS/c1-16(2,3)15(22)21-8-10(9-21)12-6-14(20-19-12)18-7-11-4-5-13(17)23-11/h4-6,10H,7-9H2,1-3H3,(H2,18,19,20). The van der Waals surface area contributed by atoms with E-state index in [4.69, 9.17) is 11.6 Å². The normalized spacial score (nSPS) is 15.6. The number of aromatic amines is 1. The molecule has 1 aliphatic rings. The number of aromatic nitrogens is 2. The van der Waals surface area contributed by atoms with Crippen molar-refractivity contribution >= 4 is 34.7 Å². The van der Waals surface area contributed by atoms with Gasteiger partial charge in [-0.25, -0.2) is 0 Å². The predicted molar refractivity (Wildman–Crippen MR) is 94.0 cm³/mol. The van der Waals surface area contributed by atoms with Gasteiger partial charge in [-0.15, -0.1) is 11.3 Å². The molecule has 0 radical (unpaired) electrons. The fraction of sp³-hybridized carbons (Fsp3) is 0.500. The molecule has 0 spiro atoms. The van der Waals surface area contributed by atoms with Gasteiger partial charge in [-0.3, -0.25) is 9.89 Å². The van der Waals surface area contributed by atoms with Crippen molar-refractivity contribution in [1.29, 1.82) is 0 Å². The number of carbonyl (C=O) groups is 1. The molecule has 1 aliphatic heterocycles. The number of amides is 1. The highest BCUT2D eigenvalue weighted by molar-refractivity contribution is 7.16. The first-order valence-electron chi connectivity index (χ1n) is 7.65. The molecule has 7 heteroatoms. The maximum atomic E-state index is 12.2. The SMILES string of the molecule is CC(C)(C)C(=O)N1CC(c2cc(NCc3ccc(Cl)s3)[nH]n2)C1. The summed E-state index contributed by atoms with van der Waals surface area (Å²) in [5.74, 6) is 1.42. The number of thiophene rings is 1. The van der Waals surface area contributed by atoms with Crippen molar-refractivity contribution in [2.24, 2.45) is 5.41 Å². The Morgan fingerprint density at radius 1 is 1.48 bits per heavy atom. The van der Waals surface area contributed by atoms with Gasteiger partial charge >= 0.3 is 0 Å². The Balaban J connectivity index is 1.52. The summed E-state index contributed by atoms with van der Waals surface area (Å²) in [4.78, 5) is 15.2. The molecule has 1 fully saturated rings. The second-order valence-electron chi connectivity index (χ2n) is 6.92. The van der Waals surface area contributed by atoms with Crippen LogP contribution < -0.4 is 5.32 Å². The van der Waals surface area contributed by atoms with E-state index in [1.54, 1.807) is 11.3 Å². The number of hydrogen-bond acceptors (Lipinski definition) is 4. The van der Waals surface area contributed by atoms with Crippen molar-refractivity contribution in [3.05, 3.63) is 33.1 Å². The Bertz CT molecular complexity index is 697. The minimum Gasteiger partial charge on any atom is -0.366 e. The van der Waals surface area contributed by atoms with E-state index in [0.717, 1.165) is 35.5 Å². The van der Waals surface area contributed by atoms with Gasteiger partial charge in [0.1, 0.15) is 5.82 Å². The van der Waals surface area contributed by atoms with Gasteiger partial charge in [-0.05, 0) is 12.1 Å². The number of likely N-dealkylation sites (tertiary alicyclic amines) is 1.